The van der Waals surface area contributed by atoms with Gasteiger partial charge in [0.2, 0.25) is 0 Å². The molecule has 0 unspecified atom stereocenters. The molecule has 106 valence electrons. The smallest absolute Gasteiger partial charge is 0.121 e. The molecule has 0 bridgehead atoms. The van der Waals surface area contributed by atoms with E-state index in [-0.39, 0.29) is 16.4 Å². The van der Waals surface area contributed by atoms with E-state index in [2.05, 4.69) is 67.2 Å². The maximum absolute atomic E-state index is 6.04. The van der Waals surface area contributed by atoms with Gasteiger partial charge in [-0.15, -0.1) is 0 Å². The molecule has 2 heteroatoms. The van der Waals surface area contributed by atoms with Crippen molar-refractivity contribution in [2.24, 2.45) is 10.8 Å². The first-order valence-corrected chi connectivity index (χ1v) is 7.01. The van der Waals surface area contributed by atoms with Crippen molar-refractivity contribution in [2.45, 2.75) is 67.9 Å². The van der Waals surface area contributed by atoms with E-state index in [1.807, 2.05) is 0 Å². The lowest BCUT2D eigenvalue weighted by Gasteiger charge is -2.49. The second-order valence-electron chi connectivity index (χ2n) is 8.35. The topological polar surface area (TPSA) is 12.5 Å². The number of hydrogen-bond donors (Lipinski definition) is 0. The molecular formula is C16H31NO. The van der Waals surface area contributed by atoms with E-state index >= 15 is 0 Å². The summed E-state index contributed by atoms with van der Waals surface area (Å²) in [5.74, 6) is 1.16. The number of allylic oxidation sites excluding steroid dienone is 2. The fraction of sp³-hybridized carbons (Fsp3) is 0.875. The number of ether oxygens (including phenoxy) is 1. The van der Waals surface area contributed by atoms with E-state index < -0.39 is 0 Å². The fourth-order valence-electron chi connectivity index (χ4n) is 2.53. The molecule has 0 saturated carbocycles. The molecule has 0 saturated heterocycles. The third kappa shape index (κ3) is 3.21. The summed E-state index contributed by atoms with van der Waals surface area (Å²) in [6.07, 6.45) is 0. The van der Waals surface area contributed by atoms with Gasteiger partial charge in [-0.2, -0.15) is 0 Å². The van der Waals surface area contributed by atoms with Gasteiger partial charge in [0, 0.05) is 16.4 Å². The Labute approximate surface area is 113 Å². The Hall–Kier alpha value is -0.660. The molecule has 0 N–H and O–H groups in total. The van der Waals surface area contributed by atoms with Crippen LogP contribution in [0.25, 0.3) is 0 Å². The lowest BCUT2D eigenvalue weighted by atomic mass is 9.80. The van der Waals surface area contributed by atoms with E-state index in [0.717, 1.165) is 18.9 Å². The normalized spacial score (nSPS) is 19.1. The van der Waals surface area contributed by atoms with Crippen molar-refractivity contribution >= 4 is 0 Å². The molecule has 0 aromatic rings. The second-order valence-corrected chi connectivity index (χ2v) is 8.35. The van der Waals surface area contributed by atoms with Crippen molar-refractivity contribution in [1.82, 2.24) is 4.90 Å². The van der Waals surface area contributed by atoms with Crippen LogP contribution in [0.4, 0.5) is 0 Å². The SMILES string of the molecule is CC(C)(C)C1=C(C(C)(C)C)N(C(C)(C)C)CCO1. The summed E-state index contributed by atoms with van der Waals surface area (Å²) in [5.41, 5.74) is 1.68. The zero-order valence-corrected chi connectivity index (χ0v) is 13.8. The van der Waals surface area contributed by atoms with Crippen LogP contribution in [-0.4, -0.2) is 23.6 Å². The number of hydrogen-bond acceptors (Lipinski definition) is 2. The average Bonchev–Trinajstić information content (AvgIpc) is 2.12. The third-order valence-electron chi connectivity index (χ3n) is 3.25. The van der Waals surface area contributed by atoms with Crippen molar-refractivity contribution in [3.05, 3.63) is 11.5 Å². The molecule has 0 fully saturated rings. The van der Waals surface area contributed by atoms with Crippen LogP contribution in [-0.2, 0) is 4.74 Å². The molecule has 0 spiro atoms. The predicted molar refractivity (Wildman–Crippen MR) is 78.3 cm³/mol. The zero-order valence-electron chi connectivity index (χ0n) is 13.8. The van der Waals surface area contributed by atoms with Crippen molar-refractivity contribution < 1.29 is 4.74 Å². The lowest BCUT2D eigenvalue weighted by Crippen LogP contribution is -2.49. The Morgan fingerprint density at radius 1 is 0.833 bits per heavy atom. The number of nitrogens with zero attached hydrogens (tertiary/aromatic N) is 1. The first-order valence-electron chi connectivity index (χ1n) is 7.01. The molecular weight excluding hydrogens is 222 g/mol. The molecule has 1 rings (SSSR count). The highest BCUT2D eigenvalue weighted by Gasteiger charge is 2.39. The summed E-state index contributed by atoms with van der Waals surface area (Å²) in [6, 6.07) is 0. The first-order chi connectivity index (χ1) is 7.85. The molecule has 1 heterocycles. The highest BCUT2D eigenvalue weighted by Crippen LogP contribution is 2.43. The van der Waals surface area contributed by atoms with Gasteiger partial charge in [0.1, 0.15) is 12.4 Å². The van der Waals surface area contributed by atoms with Crippen LogP contribution in [0.2, 0.25) is 0 Å². The van der Waals surface area contributed by atoms with E-state index in [0.29, 0.717) is 0 Å². The fourth-order valence-corrected chi connectivity index (χ4v) is 2.53. The quantitative estimate of drug-likeness (QED) is 0.633. The average molecular weight is 253 g/mol. The van der Waals surface area contributed by atoms with Crippen molar-refractivity contribution in [3.63, 3.8) is 0 Å². The van der Waals surface area contributed by atoms with Gasteiger partial charge in [0.15, 0.2) is 0 Å². The van der Waals surface area contributed by atoms with Crippen LogP contribution in [0.3, 0.4) is 0 Å². The van der Waals surface area contributed by atoms with E-state index in [1.165, 1.54) is 5.70 Å². The molecule has 2 nitrogen and oxygen atoms in total. The van der Waals surface area contributed by atoms with Crippen LogP contribution in [0.5, 0.6) is 0 Å². The Morgan fingerprint density at radius 2 is 1.33 bits per heavy atom. The third-order valence-corrected chi connectivity index (χ3v) is 3.25. The minimum absolute atomic E-state index is 0.0620. The van der Waals surface area contributed by atoms with Crippen LogP contribution >= 0.6 is 0 Å². The second kappa shape index (κ2) is 4.47. The van der Waals surface area contributed by atoms with Gasteiger partial charge in [-0.25, -0.2) is 0 Å². The molecule has 0 radical (unpaired) electrons. The summed E-state index contributed by atoms with van der Waals surface area (Å²) in [6.45, 7) is 22.2. The molecule has 1 aliphatic rings. The standard InChI is InChI=1S/C16H31NO/c1-14(2,3)12-13(15(4,5)6)18-11-10-17(12)16(7,8)9/h10-11H2,1-9H3. The molecule has 0 amide bonds. The van der Waals surface area contributed by atoms with Crippen molar-refractivity contribution in [2.75, 3.05) is 13.2 Å². The monoisotopic (exact) mass is 253 g/mol. The van der Waals surface area contributed by atoms with Crippen molar-refractivity contribution in [3.8, 4) is 0 Å². The molecule has 0 aliphatic carbocycles. The highest BCUT2D eigenvalue weighted by atomic mass is 16.5. The van der Waals surface area contributed by atoms with Crippen LogP contribution in [0.1, 0.15) is 62.3 Å². The summed E-state index contributed by atoms with van der Waals surface area (Å²) in [4.78, 5) is 2.52. The van der Waals surface area contributed by atoms with Crippen LogP contribution in [0.15, 0.2) is 11.5 Å². The maximum Gasteiger partial charge on any atom is 0.121 e. The van der Waals surface area contributed by atoms with E-state index in [4.69, 9.17) is 4.74 Å². The van der Waals surface area contributed by atoms with Gasteiger partial charge in [-0.1, -0.05) is 41.5 Å². The Balaban J connectivity index is 3.41. The van der Waals surface area contributed by atoms with Crippen molar-refractivity contribution in [1.29, 1.82) is 0 Å². The van der Waals surface area contributed by atoms with E-state index in [1.54, 1.807) is 0 Å². The Morgan fingerprint density at radius 3 is 1.67 bits per heavy atom. The zero-order chi connectivity index (χ0) is 14.4. The molecule has 18 heavy (non-hydrogen) atoms. The van der Waals surface area contributed by atoms with E-state index in [9.17, 15) is 0 Å². The van der Waals surface area contributed by atoms with Gasteiger partial charge in [0.25, 0.3) is 0 Å². The van der Waals surface area contributed by atoms with Gasteiger partial charge in [0.05, 0.1) is 12.2 Å². The van der Waals surface area contributed by atoms with Gasteiger partial charge in [-0.3, -0.25) is 0 Å². The van der Waals surface area contributed by atoms with Crippen LogP contribution in [0, 0.1) is 10.8 Å². The van der Waals surface area contributed by atoms with Gasteiger partial charge in [-0.05, 0) is 20.8 Å². The Kier molecular flexibility index (Phi) is 3.82. The summed E-state index contributed by atoms with van der Waals surface area (Å²) in [5, 5.41) is 0. The maximum atomic E-state index is 6.04. The molecule has 1 aliphatic heterocycles. The first kappa shape index (κ1) is 15.4. The summed E-state index contributed by atoms with van der Waals surface area (Å²) >= 11 is 0. The minimum atomic E-state index is 0.0620. The molecule has 0 aromatic carbocycles. The van der Waals surface area contributed by atoms with Gasteiger partial charge < -0.3 is 9.64 Å². The summed E-state index contributed by atoms with van der Waals surface area (Å²) in [7, 11) is 0. The van der Waals surface area contributed by atoms with Crippen LogP contribution < -0.4 is 0 Å². The largest absolute Gasteiger partial charge is 0.494 e. The summed E-state index contributed by atoms with van der Waals surface area (Å²) < 4.78 is 6.04. The van der Waals surface area contributed by atoms with Gasteiger partial charge >= 0.3 is 0 Å². The molecule has 0 aromatic heterocycles. The molecule has 0 atom stereocenters. The Bertz CT molecular complexity index is 334. The highest BCUT2D eigenvalue weighted by molar-refractivity contribution is 5.23. The lowest BCUT2D eigenvalue weighted by molar-refractivity contribution is 0.0292. The predicted octanol–water partition coefficient (Wildman–Crippen LogP) is 4.42. The number of rotatable bonds is 0. The minimum Gasteiger partial charge on any atom is -0.494 e.